The number of benzene rings is 2. The fourth-order valence-electron chi connectivity index (χ4n) is 3.43. The fraction of sp³-hybridized carbons (Fsp3) is 0.300. The third kappa shape index (κ3) is 3.24. The number of rotatable bonds is 5. The molecule has 0 saturated carbocycles. The van der Waals surface area contributed by atoms with Gasteiger partial charge in [-0.15, -0.1) is 0 Å². The number of likely N-dealkylation sites (tertiary alicyclic amines) is 1. The van der Waals surface area contributed by atoms with E-state index in [0.29, 0.717) is 0 Å². The van der Waals surface area contributed by atoms with Gasteiger partial charge in [-0.3, -0.25) is 0 Å². The Morgan fingerprint density at radius 2 is 1.67 bits per heavy atom. The van der Waals surface area contributed by atoms with Crippen molar-refractivity contribution in [1.82, 2.24) is 14.9 Å². The van der Waals surface area contributed by atoms with Crippen molar-refractivity contribution in [2.45, 2.75) is 18.9 Å². The summed E-state index contributed by atoms with van der Waals surface area (Å²) >= 11 is 0. The summed E-state index contributed by atoms with van der Waals surface area (Å²) in [7, 11) is 0. The number of fused-ring (bicyclic) bond motifs is 1. The molecule has 2 heterocycles. The largest absolute Gasteiger partial charge is 0.361 e. The van der Waals surface area contributed by atoms with Crippen molar-refractivity contribution >= 4 is 16.7 Å². The molecule has 0 amide bonds. The zero-order valence-corrected chi connectivity index (χ0v) is 13.7. The molecule has 2 aromatic carbocycles. The van der Waals surface area contributed by atoms with Crippen molar-refractivity contribution in [3.05, 3.63) is 66.5 Å². The third-order valence-corrected chi connectivity index (χ3v) is 4.70. The molecule has 4 nitrogen and oxygen atoms in total. The highest BCUT2D eigenvalue weighted by Crippen LogP contribution is 2.25. The van der Waals surface area contributed by atoms with Crippen LogP contribution in [-0.2, 0) is 0 Å². The van der Waals surface area contributed by atoms with Crippen LogP contribution < -0.4 is 5.32 Å². The van der Waals surface area contributed by atoms with E-state index in [2.05, 4.69) is 56.6 Å². The van der Waals surface area contributed by atoms with Crippen LogP contribution in [0.15, 0.2) is 60.9 Å². The Hall–Kier alpha value is -2.46. The number of hydrogen-bond acceptors (Lipinski definition) is 4. The average Bonchev–Trinajstić information content (AvgIpc) is 3.15. The minimum absolute atomic E-state index is 0.225. The second-order valence-corrected chi connectivity index (χ2v) is 6.35. The van der Waals surface area contributed by atoms with Crippen LogP contribution in [0, 0.1) is 0 Å². The molecule has 1 fully saturated rings. The first kappa shape index (κ1) is 15.1. The molecular formula is C20H22N4. The molecule has 4 heteroatoms. The standard InChI is InChI=1S/C20H22N4/c1-2-8-16(9-3-1)19(14-24-12-6-7-13-24)23-20-17-10-4-5-11-18(17)21-15-22-20/h1-5,8-11,15,19H,6-7,12-14H2,(H,21,22,23). The first-order valence-electron chi connectivity index (χ1n) is 8.64. The van der Waals surface area contributed by atoms with Gasteiger partial charge in [0.05, 0.1) is 11.6 Å². The van der Waals surface area contributed by atoms with E-state index in [-0.39, 0.29) is 6.04 Å². The third-order valence-electron chi connectivity index (χ3n) is 4.70. The molecule has 1 saturated heterocycles. The Balaban J connectivity index is 1.65. The monoisotopic (exact) mass is 318 g/mol. The van der Waals surface area contributed by atoms with Gasteiger partial charge in [0.25, 0.3) is 0 Å². The first-order chi connectivity index (χ1) is 11.9. The Kier molecular flexibility index (Phi) is 4.38. The summed E-state index contributed by atoms with van der Waals surface area (Å²) in [5.74, 6) is 0.911. The van der Waals surface area contributed by atoms with Crippen molar-refractivity contribution in [2.75, 3.05) is 25.0 Å². The molecule has 122 valence electrons. The topological polar surface area (TPSA) is 41.0 Å². The number of nitrogens with one attached hydrogen (secondary N) is 1. The normalized spacial score (nSPS) is 16.3. The summed E-state index contributed by atoms with van der Waals surface area (Å²) in [6.45, 7) is 3.38. The molecule has 1 N–H and O–H groups in total. The van der Waals surface area contributed by atoms with Crippen LogP contribution in [0.2, 0.25) is 0 Å². The summed E-state index contributed by atoms with van der Waals surface area (Å²) in [6, 6.07) is 19.0. The Bertz CT molecular complexity index is 792. The van der Waals surface area contributed by atoms with E-state index >= 15 is 0 Å². The highest BCUT2D eigenvalue weighted by Gasteiger charge is 2.20. The first-order valence-corrected chi connectivity index (χ1v) is 8.64. The van der Waals surface area contributed by atoms with Gasteiger partial charge in [-0.1, -0.05) is 42.5 Å². The lowest BCUT2D eigenvalue weighted by Crippen LogP contribution is -2.29. The summed E-state index contributed by atoms with van der Waals surface area (Å²) in [5, 5.41) is 4.74. The molecule has 0 aliphatic carbocycles. The predicted molar refractivity (Wildman–Crippen MR) is 98.0 cm³/mol. The Morgan fingerprint density at radius 3 is 2.50 bits per heavy atom. The average molecular weight is 318 g/mol. The van der Waals surface area contributed by atoms with Gasteiger partial charge in [-0.05, 0) is 43.6 Å². The molecule has 24 heavy (non-hydrogen) atoms. The van der Waals surface area contributed by atoms with Crippen LogP contribution in [0.1, 0.15) is 24.4 Å². The fourth-order valence-corrected chi connectivity index (χ4v) is 3.43. The van der Waals surface area contributed by atoms with Gasteiger partial charge < -0.3 is 10.2 Å². The molecule has 1 unspecified atom stereocenters. The second-order valence-electron chi connectivity index (χ2n) is 6.35. The van der Waals surface area contributed by atoms with E-state index in [9.17, 15) is 0 Å². The van der Waals surface area contributed by atoms with Crippen LogP contribution in [-0.4, -0.2) is 34.5 Å². The second kappa shape index (κ2) is 6.97. The van der Waals surface area contributed by atoms with Gasteiger partial charge in [-0.25, -0.2) is 9.97 Å². The minimum Gasteiger partial charge on any atom is -0.361 e. The number of hydrogen-bond donors (Lipinski definition) is 1. The lowest BCUT2D eigenvalue weighted by Gasteiger charge is -2.25. The van der Waals surface area contributed by atoms with Gasteiger partial charge in [0.15, 0.2) is 0 Å². The molecule has 3 aromatic rings. The van der Waals surface area contributed by atoms with E-state index in [4.69, 9.17) is 0 Å². The molecule has 1 aromatic heterocycles. The number of nitrogens with zero attached hydrogens (tertiary/aromatic N) is 3. The van der Waals surface area contributed by atoms with E-state index in [0.717, 1.165) is 23.3 Å². The van der Waals surface area contributed by atoms with E-state index < -0.39 is 0 Å². The smallest absolute Gasteiger partial charge is 0.137 e. The lowest BCUT2D eigenvalue weighted by molar-refractivity contribution is 0.323. The van der Waals surface area contributed by atoms with Crippen molar-refractivity contribution in [3.63, 3.8) is 0 Å². The van der Waals surface area contributed by atoms with Crippen molar-refractivity contribution < 1.29 is 0 Å². The molecule has 1 aliphatic rings. The van der Waals surface area contributed by atoms with Gasteiger partial charge in [0, 0.05) is 11.9 Å². The zero-order valence-electron chi connectivity index (χ0n) is 13.7. The SMILES string of the molecule is c1ccc(C(CN2CCCC2)Nc2ncnc3ccccc23)cc1. The predicted octanol–water partition coefficient (Wildman–Crippen LogP) is 3.88. The summed E-state index contributed by atoms with van der Waals surface area (Å²) < 4.78 is 0. The summed E-state index contributed by atoms with van der Waals surface area (Å²) in [6.07, 6.45) is 4.25. The van der Waals surface area contributed by atoms with Gasteiger partial charge in [-0.2, -0.15) is 0 Å². The lowest BCUT2D eigenvalue weighted by atomic mass is 10.1. The summed E-state index contributed by atoms with van der Waals surface area (Å²) in [5.41, 5.74) is 2.27. The van der Waals surface area contributed by atoms with E-state index in [1.54, 1.807) is 6.33 Å². The van der Waals surface area contributed by atoms with Crippen molar-refractivity contribution in [3.8, 4) is 0 Å². The van der Waals surface area contributed by atoms with Crippen LogP contribution in [0.4, 0.5) is 5.82 Å². The molecule has 0 bridgehead atoms. The van der Waals surface area contributed by atoms with Crippen molar-refractivity contribution in [2.24, 2.45) is 0 Å². The van der Waals surface area contributed by atoms with E-state index in [1.807, 2.05) is 18.2 Å². The maximum absolute atomic E-state index is 4.51. The molecule has 0 spiro atoms. The maximum atomic E-state index is 4.51. The highest BCUT2D eigenvalue weighted by molar-refractivity contribution is 5.88. The number of anilines is 1. The zero-order chi connectivity index (χ0) is 16.2. The van der Waals surface area contributed by atoms with E-state index in [1.165, 1.54) is 31.5 Å². The van der Waals surface area contributed by atoms with Gasteiger partial charge in [0.2, 0.25) is 0 Å². The maximum Gasteiger partial charge on any atom is 0.137 e. The molecule has 4 rings (SSSR count). The van der Waals surface area contributed by atoms with Crippen LogP contribution in [0.5, 0.6) is 0 Å². The highest BCUT2D eigenvalue weighted by atomic mass is 15.2. The van der Waals surface area contributed by atoms with Gasteiger partial charge in [0.1, 0.15) is 12.1 Å². The minimum atomic E-state index is 0.225. The summed E-state index contributed by atoms with van der Waals surface area (Å²) in [4.78, 5) is 11.4. The number of para-hydroxylation sites is 1. The van der Waals surface area contributed by atoms with Crippen molar-refractivity contribution in [1.29, 1.82) is 0 Å². The molecule has 1 aliphatic heterocycles. The quantitative estimate of drug-likeness (QED) is 0.775. The molecule has 0 radical (unpaired) electrons. The van der Waals surface area contributed by atoms with Gasteiger partial charge >= 0.3 is 0 Å². The molecular weight excluding hydrogens is 296 g/mol. The van der Waals surface area contributed by atoms with Crippen LogP contribution in [0.3, 0.4) is 0 Å². The van der Waals surface area contributed by atoms with Crippen LogP contribution in [0.25, 0.3) is 10.9 Å². The Labute approximate surface area is 142 Å². The van der Waals surface area contributed by atoms with Crippen LogP contribution >= 0.6 is 0 Å². The molecule has 1 atom stereocenters. The number of aromatic nitrogens is 2. The Morgan fingerprint density at radius 1 is 0.917 bits per heavy atom.